The third-order valence-electron chi connectivity index (χ3n) is 15.3. The summed E-state index contributed by atoms with van der Waals surface area (Å²) >= 11 is -3.97. The summed E-state index contributed by atoms with van der Waals surface area (Å²) in [5.74, 6) is 1.61. The summed E-state index contributed by atoms with van der Waals surface area (Å²) in [5, 5.41) is 5.42. The molecule has 4 heteroatoms. The molecule has 0 aliphatic heterocycles. The molecule has 60 heavy (non-hydrogen) atoms. The average Bonchev–Trinajstić information content (AvgIpc) is 3.79. The van der Waals surface area contributed by atoms with Crippen molar-refractivity contribution in [2.45, 2.75) is 107 Å². The van der Waals surface area contributed by atoms with Gasteiger partial charge in [0.1, 0.15) is 0 Å². The van der Waals surface area contributed by atoms with Gasteiger partial charge in [-0.25, -0.2) is 0 Å². The predicted octanol–water partition coefficient (Wildman–Crippen LogP) is 16.6. The summed E-state index contributed by atoms with van der Waals surface area (Å²) in [6, 6.07) is 42.4. The summed E-state index contributed by atoms with van der Waals surface area (Å²) in [6.45, 7) is 7.33. The van der Waals surface area contributed by atoms with E-state index < -0.39 is 17.4 Å². The van der Waals surface area contributed by atoms with Crippen LogP contribution in [0.4, 0.5) is 0 Å². The Labute approximate surface area is 375 Å². The van der Waals surface area contributed by atoms with Crippen molar-refractivity contribution in [2.24, 2.45) is 11.8 Å². The number of hydrogen-bond donors (Lipinski definition) is 0. The van der Waals surface area contributed by atoms with Gasteiger partial charge in [0.15, 0.2) is 0 Å². The molecule has 6 aromatic carbocycles. The molecule has 0 saturated heterocycles. The second-order valence-corrected chi connectivity index (χ2v) is 50.8. The van der Waals surface area contributed by atoms with Gasteiger partial charge in [-0.1, -0.05) is 0 Å². The summed E-state index contributed by atoms with van der Waals surface area (Å²) < 4.78 is 6.89. The second-order valence-electron chi connectivity index (χ2n) is 20.3. The van der Waals surface area contributed by atoms with Gasteiger partial charge in [-0.2, -0.15) is 0 Å². The third kappa shape index (κ3) is 7.84. The number of aryl methyl sites for hydroxylation is 2. The first-order valence-corrected chi connectivity index (χ1v) is 36.5. The van der Waals surface area contributed by atoms with Crippen LogP contribution in [-0.2, 0) is 17.4 Å². The van der Waals surface area contributed by atoms with Gasteiger partial charge in [-0.3, -0.25) is 0 Å². The van der Waals surface area contributed by atoms with Crippen molar-refractivity contribution in [3.8, 4) is 22.3 Å². The maximum atomic E-state index is 2.92. The maximum absolute atomic E-state index is 3.97. The molecule has 4 aliphatic carbocycles. The number of fused-ring (bicyclic) bond motifs is 4. The van der Waals surface area contributed by atoms with Crippen LogP contribution < -0.4 is 0 Å². The molecule has 0 nitrogen and oxygen atoms in total. The molecular weight excluding hydrogens is 863 g/mol. The Morgan fingerprint density at radius 3 is 1.28 bits per heavy atom. The molecular formula is C56H64Cl2SiZr. The number of rotatable bonds is 8. The van der Waals surface area contributed by atoms with Crippen LogP contribution >= 0.6 is 24.8 Å². The van der Waals surface area contributed by atoms with E-state index in [-0.39, 0.29) is 24.8 Å². The SMILES string of the molecule is Cc1cc(-c2cccc3ccccc23)c2c(c1)[CH]([Zr]([CH3])([CH3])(=[SiH2])[CH]1C(CC3CCCCC3)=Cc3c(-c4cccc5ccccc45)cc(C)cc31)C(CC1CCCCC1)=C2.Cl.Cl. The van der Waals surface area contributed by atoms with Crippen molar-refractivity contribution in [1.82, 2.24) is 0 Å². The first-order valence-electron chi connectivity index (χ1n) is 22.8. The van der Waals surface area contributed by atoms with E-state index in [1.165, 1.54) is 143 Å². The van der Waals surface area contributed by atoms with E-state index in [4.69, 9.17) is 0 Å². The molecule has 0 bridgehead atoms. The van der Waals surface area contributed by atoms with Gasteiger partial charge in [0.25, 0.3) is 0 Å². The van der Waals surface area contributed by atoms with Gasteiger partial charge < -0.3 is 0 Å². The average molecular weight is 927 g/mol. The van der Waals surface area contributed by atoms with Crippen LogP contribution in [0.3, 0.4) is 0 Å². The molecule has 2 fully saturated rings. The Bertz CT molecular complexity index is 2530. The number of allylic oxidation sites excluding steroid dienone is 2. The van der Waals surface area contributed by atoms with Crippen LogP contribution in [0.5, 0.6) is 0 Å². The standard InChI is InChI=1S/2C27H27.2CH3.2ClH.H2Si.Zr/c2*1-19-14-23-17-21(16-20-8-3-2-4-9-20)18-26(23)27(15-19)25-13-7-11-22-10-5-6-12-24(22)25;;;;;;/h2*5-7,10-15,17-18,20H,2-4,8-9,16H2,1H3;2*1H3;2*1H;1H2;. The van der Waals surface area contributed by atoms with Crippen molar-refractivity contribution in [3.63, 3.8) is 0 Å². The molecule has 0 amide bonds. The van der Waals surface area contributed by atoms with Gasteiger partial charge in [-0.15, -0.1) is 24.8 Å². The number of halogens is 2. The summed E-state index contributed by atoms with van der Waals surface area (Å²) in [4.78, 5) is 0. The molecule has 4 aliphatic rings. The normalized spacial score (nSPS) is 19.6. The fourth-order valence-corrected chi connectivity index (χ4v) is 32.7. The van der Waals surface area contributed by atoms with Gasteiger partial charge in [0.05, 0.1) is 0 Å². The van der Waals surface area contributed by atoms with E-state index in [2.05, 4.69) is 151 Å². The van der Waals surface area contributed by atoms with Crippen molar-refractivity contribution in [3.05, 3.63) is 154 Å². The van der Waals surface area contributed by atoms with Crippen LogP contribution in [-0.4, -0.2) is 6.88 Å². The molecule has 310 valence electrons. The molecule has 2 atom stereocenters. The van der Waals surface area contributed by atoms with Crippen molar-refractivity contribution < 1.29 is 17.4 Å². The number of benzene rings is 6. The van der Waals surface area contributed by atoms with Gasteiger partial charge >= 0.3 is 353 Å². The Kier molecular flexibility index (Phi) is 12.6. The summed E-state index contributed by atoms with van der Waals surface area (Å²) in [6.07, 6.45) is 22.1. The first kappa shape index (κ1) is 43.6. The molecule has 2 unspecified atom stereocenters. The van der Waals surface area contributed by atoms with Crippen molar-refractivity contribution >= 4 is 65.4 Å². The molecule has 0 aromatic heterocycles. The third-order valence-corrected chi connectivity index (χ3v) is 32.8. The van der Waals surface area contributed by atoms with E-state index in [0.717, 1.165) is 11.8 Å². The van der Waals surface area contributed by atoms with Gasteiger partial charge in [0.2, 0.25) is 0 Å². The number of hydrogen-bond acceptors (Lipinski definition) is 0. The van der Waals surface area contributed by atoms with E-state index >= 15 is 0 Å². The molecule has 10 rings (SSSR count). The van der Waals surface area contributed by atoms with Crippen molar-refractivity contribution in [1.29, 1.82) is 0 Å². The molecule has 2 saturated carbocycles. The smallest absolute Gasteiger partial charge is 0.147 e. The monoisotopic (exact) mass is 924 g/mol. The van der Waals surface area contributed by atoms with Gasteiger partial charge in [0, 0.05) is 0 Å². The zero-order valence-corrected chi connectivity index (χ0v) is 41.9. The van der Waals surface area contributed by atoms with Gasteiger partial charge in [-0.05, 0) is 0 Å². The minimum absolute atomic E-state index is 0. The maximum Gasteiger partial charge on any atom is -0.147 e. The Balaban J connectivity index is 0.00000249. The molecule has 0 spiro atoms. The Morgan fingerprint density at radius 1 is 0.483 bits per heavy atom. The van der Waals surface area contributed by atoms with Crippen molar-refractivity contribution in [2.75, 3.05) is 0 Å². The summed E-state index contributed by atoms with van der Waals surface area (Å²) in [7, 11) is 0. The van der Waals surface area contributed by atoms with Crippen LogP contribution in [0, 0.1) is 25.7 Å². The Morgan fingerprint density at radius 2 is 0.867 bits per heavy atom. The van der Waals surface area contributed by atoms with Crippen LogP contribution in [0.25, 0.3) is 56.0 Å². The topological polar surface area (TPSA) is 0 Å². The fraction of sp³-hybridized carbons (Fsp3) is 0.357. The molecule has 0 N–H and O–H groups in total. The van der Waals surface area contributed by atoms with E-state index in [0.29, 0.717) is 7.25 Å². The summed E-state index contributed by atoms with van der Waals surface area (Å²) in [5.41, 5.74) is 18.5. The van der Waals surface area contributed by atoms with E-state index in [1.54, 1.807) is 22.3 Å². The van der Waals surface area contributed by atoms with Crippen LogP contribution in [0.15, 0.2) is 120 Å². The molecule has 6 aromatic rings. The van der Waals surface area contributed by atoms with Crippen LogP contribution in [0.1, 0.15) is 118 Å². The fourth-order valence-electron chi connectivity index (χ4n) is 13.0. The zero-order valence-electron chi connectivity index (χ0n) is 36.4. The first-order chi connectivity index (χ1) is 28.1. The quantitative estimate of drug-likeness (QED) is 0.133. The van der Waals surface area contributed by atoms with Crippen LogP contribution in [0.2, 0.25) is 9.26 Å². The van der Waals surface area contributed by atoms with E-state index in [1.807, 2.05) is 0 Å². The largest absolute Gasteiger partial charge is 0.147 e. The zero-order chi connectivity index (χ0) is 39.6. The minimum Gasteiger partial charge on any atom is -0.147 e. The predicted molar refractivity (Wildman–Crippen MR) is 267 cm³/mol. The minimum atomic E-state index is -3.97. The molecule has 0 heterocycles. The Hall–Kier alpha value is -3.00. The molecule has 0 radical (unpaired) electrons. The van der Waals surface area contributed by atoms with E-state index in [9.17, 15) is 0 Å². The second kappa shape index (κ2) is 17.3.